The van der Waals surface area contributed by atoms with Crippen molar-refractivity contribution < 1.29 is 9.21 Å². The Morgan fingerprint density at radius 1 is 1.10 bits per heavy atom. The van der Waals surface area contributed by atoms with E-state index in [1.165, 1.54) is 5.56 Å². The minimum Gasteiger partial charge on any atom is -0.451 e. The van der Waals surface area contributed by atoms with Crippen LogP contribution < -0.4 is 4.90 Å². The van der Waals surface area contributed by atoms with Crippen LogP contribution in [0.25, 0.3) is 11.0 Å². The molecule has 4 heterocycles. The number of nitrogens with zero attached hydrogens (tertiary/aromatic N) is 4. The minimum absolute atomic E-state index is 0.0549. The van der Waals surface area contributed by atoms with Crippen LogP contribution >= 0.6 is 0 Å². The summed E-state index contributed by atoms with van der Waals surface area (Å²) in [5.41, 5.74) is 3.95. The number of aromatic nitrogens is 2. The van der Waals surface area contributed by atoms with Gasteiger partial charge in [-0.2, -0.15) is 0 Å². The molecule has 0 unspecified atom stereocenters. The van der Waals surface area contributed by atoms with E-state index in [1.54, 1.807) is 0 Å². The van der Waals surface area contributed by atoms with E-state index in [9.17, 15) is 4.79 Å². The van der Waals surface area contributed by atoms with Crippen molar-refractivity contribution in [3.8, 4) is 0 Å². The molecule has 6 nitrogen and oxygen atoms in total. The van der Waals surface area contributed by atoms with Crippen LogP contribution in [0.4, 0.5) is 5.82 Å². The van der Waals surface area contributed by atoms with Crippen LogP contribution in [0.5, 0.6) is 0 Å². The predicted octanol–water partition coefficient (Wildman–Crippen LogP) is 4.59. The van der Waals surface area contributed by atoms with Crippen molar-refractivity contribution in [1.82, 2.24) is 14.9 Å². The number of carbonyl (C=O) groups excluding carboxylic acids is 1. The topological polar surface area (TPSA) is 62.5 Å². The highest BCUT2D eigenvalue weighted by atomic mass is 16.3. The van der Waals surface area contributed by atoms with Crippen LogP contribution in [0.2, 0.25) is 0 Å². The van der Waals surface area contributed by atoms with Crippen LogP contribution in [-0.4, -0.2) is 40.9 Å². The Labute approximate surface area is 176 Å². The normalized spacial score (nSPS) is 19.2. The summed E-state index contributed by atoms with van der Waals surface area (Å²) in [6.07, 6.45) is 5.10. The van der Waals surface area contributed by atoms with Gasteiger partial charge in [-0.25, -0.2) is 9.97 Å². The molecular formula is C24H28N4O2. The van der Waals surface area contributed by atoms with E-state index in [1.807, 2.05) is 36.1 Å². The van der Waals surface area contributed by atoms with Crippen molar-refractivity contribution in [1.29, 1.82) is 0 Å². The Kier molecular flexibility index (Phi) is 4.72. The van der Waals surface area contributed by atoms with E-state index < -0.39 is 0 Å². The van der Waals surface area contributed by atoms with Gasteiger partial charge >= 0.3 is 0 Å². The number of rotatable bonds is 2. The molecule has 6 heteroatoms. The van der Waals surface area contributed by atoms with Crippen LogP contribution in [0, 0.1) is 13.8 Å². The smallest absolute Gasteiger partial charge is 0.290 e. The van der Waals surface area contributed by atoms with Crippen molar-refractivity contribution in [2.75, 3.05) is 25.0 Å². The second kappa shape index (κ2) is 7.42. The quantitative estimate of drug-likeness (QED) is 0.625. The number of hydrogen-bond acceptors (Lipinski definition) is 5. The summed E-state index contributed by atoms with van der Waals surface area (Å²) in [5, 5.41) is 0.997. The van der Waals surface area contributed by atoms with Gasteiger partial charge < -0.3 is 14.2 Å². The number of fused-ring (bicyclic) bond motifs is 2. The molecule has 30 heavy (non-hydrogen) atoms. The lowest BCUT2D eigenvalue weighted by atomic mass is 9.99. The molecule has 3 aromatic rings. The van der Waals surface area contributed by atoms with E-state index in [0.29, 0.717) is 12.3 Å². The summed E-state index contributed by atoms with van der Waals surface area (Å²) in [6.45, 7) is 5.75. The van der Waals surface area contributed by atoms with Gasteiger partial charge in [0.05, 0.1) is 6.04 Å². The Hall–Kier alpha value is -2.89. The number of aryl methyl sites for hydroxylation is 2. The summed E-state index contributed by atoms with van der Waals surface area (Å²) < 4.78 is 5.99. The van der Waals surface area contributed by atoms with E-state index >= 15 is 0 Å². The lowest BCUT2D eigenvalue weighted by Crippen LogP contribution is -2.40. The number of amides is 1. The van der Waals surface area contributed by atoms with E-state index in [2.05, 4.69) is 18.9 Å². The van der Waals surface area contributed by atoms with E-state index in [0.717, 1.165) is 72.5 Å². The Balaban J connectivity index is 1.53. The molecular weight excluding hydrogens is 376 g/mol. The van der Waals surface area contributed by atoms with Crippen molar-refractivity contribution in [3.05, 3.63) is 52.7 Å². The van der Waals surface area contributed by atoms with Crippen LogP contribution in [0.1, 0.15) is 64.9 Å². The van der Waals surface area contributed by atoms with Gasteiger partial charge in [0, 0.05) is 42.3 Å². The molecule has 0 spiro atoms. The number of hydrogen-bond donors (Lipinski definition) is 0. The average molecular weight is 405 g/mol. The Morgan fingerprint density at radius 2 is 1.93 bits per heavy atom. The van der Waals surface area contributed by atoms with E-state index in [4.69, 9.17) is 14.4 Å². The number of para-hydroxylation sites is 1. The zero-order valence-corrected chi connectivity index (χ0v) is 17.9. The maximum Gasteiger partial charge on any atom is 0.290 e. The number of carbonyl (C=O) groups is 1. The molecule has 2 aromatic heterocycles. The van der Waals surface area contributed by atoms with Gasteiger partial charge in [-0.15, -0.1) is 0 Å². The molecule has 5 rings (SSSR count). The maximum atomic E-state index is 13.6. The summed E-state index contributed by atoms with van der Waals surface area (Å²) in [4.78, 5) is 27.6. The molecule has 0 saturated carbocycles. The van der Waals surface area contributed by atoms with Gasteiger partial charge in [0.15, 0.2) is 11.6 Å². The molecule has 1 saturated heterocycles. The fraction of sp³-hybridized carbons (Fsp3) is 0.458. The molecule has 2 aliphatic rings. The van der Waals surface area contributed by atoms with E-state index in [-0.39, 0.29) is 11.9 Å². The number of furan rings is 1. The van der Waals surface area contributed by atoms with Crippen molar-refractivity contribution in [2.24, 2.45) is 0 Å². The Bertz CT molecular complexity index is 1120. The molecule has 0 bridgehead atoms. The maximum absolute atomic E-state index is 13.6. The monoisotopic (exact) mass is 404 g/mol. The first-order chi connectivity index (χ1) is 14.5. The third-order valence-electron chi connectivity index (χ3n) is 6.59. The van der Waals surface area contributed by atoms with Gasteiger partial charge in [0.2, 0.25) is 0 Å². The van der Waals surface area contributed by atoms with Crippen molar-refractivity contribution in [3.63, 3.8) is 0 Å². The summed E-state index contributed by atoms with van der Waals surface area (Å²) >= 11 is 0. The van der Waals surface area contributed by atoms with Crippen molar-refractivity contribution >= 4 is 22.7 Å². The molecule has 1 amide bonds. The Morgan fingerprint density at radius 3 is 2.77 bits per heavy atom. The zero-order valence-electron chi connectivity index (χ0n) is 17.9. The lowest BCUT2D eigenvalue weighted by molar-refractivity contribution is 0.0568. The minimum atomic E-state index is -0.113. The van der Waals surface area contributed by atoms with Crippen LogP contribution in [0.3, 0.4) is 0 Å². The predicted molar refractivity (Wildman–Crippen MR) is 117 cm³/mol. The molecule has 0 aliphatic carbocycles. The highest BCUT2D eigenvalue weighted by Crippen LogP contribution is 2.35. The first kappa shape index (κ1) is 19.1. The van der Waals surface area contributed by atoms with Gasteiger partial charge in [0.1, 0.15) is 11.4 Å². The fourth-order valence-corrected chi connectivity index (χ4v) is 4.91. The second-order valence-corrected chi connectivity index (χ2v) is 8.56. The zero-order chi connectivity index (χ0) is 20.8. The van der Waals surface area contributed by atoms with Crippen molar-refractivity contribution in [2.45, 2.75) is 52.0 Å². The summed E-state index contributed by atoms with van der Waals surface area (Å²) in [7, 11) is 2.09. The molecule has 0 N–H and O–H groups in total. The molecule has 0 radical (unpaired) electrons. The standard InChI is InChI=1S/C24H28N4O2/c1-15-17-9-4-5-12-20(17)30-21(15)24(29)28-14-7-6-11-19(28)22-25-16(2)18-10-8-13-27(3)23(18)26-22/h4-5,9,12,19H,6-8,10-11,13-14H2,1-3H3/t19-/m0/s1. The number of likely N-dealkylation sites (tertiary alicyclic amines) is 1. The van der Waals surface area contributed by atoms with Crippen LogP contribution in [-0.2, 0) is 6.42 Å². The highest BCUT2D eigenvalue weighted by Gasteiger charge is 2.34. The third kappa shape index (κ3) is 3.06. The third-order valence-corrected chi connectivity index (χ3v) is 6.59. The fourth-order valence-electron chi connectivity index (χ4n) is 4.91. The van der Waals surface area contributed by atoms with Crippen LogP contribution in [0.15, 0.2) is 28.7 Å². The molecule has 2 aliphatic heterocycles. The van der Waals surface area contributed by atoms with Gasteiger partial charge in [-0.3, -0.25) is 4.79 Å². The molecule has 156 valence electrons. The van der Waals surface area contributed by atoms with Gasteiger partial charge in [-0.1, -0.05) is 18.2 Å². The molecule has 1 aromatic carbocycles. The lowest BCUT2D eigenvalue weighted by Gasteiger charge is -2.35. The average Bonchev–Trinajstić information content (AvgIpc) is 3.10. The summed E-state index contributed by atoms with van der Waals surface area (Å²) in [6, 6.07) is 7.72. The highest BCUT2D eigenvalue weighted by molar-refractivity contribution is 5.99. The summed E-state index contributed by atoms with van der Waals surface area (Å²) in [5.74, 6) is 2.18. The van der Waals surface area contributed by atoms with Gasteiger partial charge in [0.25, 0.3) is 5.91 Å². The first-order valence-corrected chi connectivity index (χ1v) is 10.9. The molecule has 1 fully saturated rings. The number of benzene rings is 1. The SMILES string of the molecule is Cc1nc([C@@H]2CCCCN2C(=O)c2oc3ccccc3c2C)nc2c1CCCN2C. The second-order valence-electron chi connectivity index (χ2n) is 8.56. The largest absolute Gasteiger partial charge is 0.451 e. The molecule has 1 atom stereocenters. The first-order valence-electron chi connectivity index (χ1n) is 10.9. The number of piperidine rings is 1. The van der Waals surface area contributed by atoms with Gasteiger partial charge in [-0.05, 0) is 52.0 Å². The number of anilines is 1.